The van der Waals surface area contributed by atoms with Crippen LogP contribution >= 0.6 is 23.4 Å². The Hall–Kier alpha value is -4.47. The van der Waals surface area contributed by atoms with Crippen LogP contribution in [-0.2, 0) is 9.59 Å². The van der Waals surface area contributed by atoms with Crippen molar-refractivity contribution < 1.29 is 18.8 Å². The van der Waals surface area contributed by atoms with Gasteiger partial charge in [-0.15, -0.1) is 11.8 Å². The van der Waals surface area contributed by atoms with Gasteiger partial charge in [-0.3, -0.25) is 14.4 Å². The molecule has 0 saturated carbocycles. The van der Waals surface area contributed by atoms with Gasteiger partial charge < -0.3 is 16.0 Å². The van der Waals surface area contributed by atoms with Crippen LogP contribution in [0.5, 0.6) is 0 Å². The van der Waals surface area contributed by atoms with E-state index in [9.17, 15) is 18.8 Å². The van der Waals surface area contributed by atoms with E-state index >= 15 is 0 Å². The van der Waals surface area contributed by atoms with E-state index in [2.05, 4.69) is 20.9 Å². The van der Waals surface area contributed by atoms with Crippen molar-refractivity contribution in [2.45, 2.75) is 17.1 Å². The fourth-order valence-electron chi connectivity index (χ4n) is 3.42. The van der Waals surface area contributed by atoms with E-state index in [-0.39, 0.29) is 11.6 Å². The minimum atomic E-state index is -0.558. The third-order valence-corrected chi connectivity index (χ3v) is 6.82. The monoisotopic (exact) mass is 574 g/mol. The van der Waals surface area contributed by atoms with Crippen molar-refractivity contribution in [3.63, 3.8) is 0 Å². The predicted octanol–water partition coefficient (Wildman–Crippen LogP) is 6.40. The topological polar surface area (TPSA) is 100 Å². The smallest absolute Gasteiger partial charge is 0.272 e. The molecule has 1 unspecified atom stereocenters. The van der Waals surface area contributed by atoms with Gasteiger partial charge in [-0.2, -0.15) is 0 Å². The molecule has 0 saturated heterocycles. The summed E-state index contributed by atoms with van der Waals surface area (Å²) >= 11 is 7.17. The maximum absolute atomic E-state index is 13.4. The zero-order chi connectivity index (χ0) is 28.5. The highest BCUT2D eigenvalue weighted by atomic mass is 35.5. The number of carbonyl (C=O) groups excluding carboxylic acids is 3. The van der Waals surface area contributed by atoms with Gasteiger partial charge in [-0.05, 0) is 79.2 Å². The van der Waals surface area contributed by atoms with Crippen LogP contribution in [0.1, 0.15) is 22.8 Å². The van der Waals surface area contributed by atoms with Gasteiger partial charge in [0.2, 0.25) is 5.91 Å². The molecular weight excluding hydrogens is 551 g/mol. The Labute approximate surface area is 239 Å². The second-order valence-electron chi connectivity index (χ2n) is 8.52. The van der Waals surface area contributed by atoms with Crippen LogP contribution in [0.2, 0.25) is 5.02 Å². The highest BCUT2D eigenvalue weighted by Crippen LogP contribution is 2.26. The highest BCUT2D eigenvalue weighted by Gasteiger charge is 2.17. The number of hydrogen-bond acceptors (Lipinski definition) is 5. The van der Waals surface area contributed by atoms with E-state index in [0.29, 0.717) is 27.7 Å². The number of nitrogens with one attached hydrogen (secondary N) is 3. The number of rotatable bonds is 9. The van der Waals surface area contributed by atoms with E-state index < -0.39 is 22.9 Å². The van der Waals surface area contributed by atoms with Crippen LogP contribution < -0.4 is 16.0 Å². The van der Waals surface area contributed by atoms with Gasteiger partial charge in [-0.1, -0.05) is 41.9 Å². The number of hydrogen-bond donors (Lipinski definition) is 3. The average Bonchev–Trinajstić information content (AvgIpc) is 2.96. The number of amides is 3. The molecule has 4 aromatic rings. The van der Waals surface area contributed by atoms with Crippen LogP contribution in [0.25, 0.3) is 6.08 Å². The molecule has 3 amide bonds. The van der Waals surface area contributed by atoms with Crippen molar-refractivity contribution in [1.82, 2.24) is 10.3 Å². The molecule has 0 spiro atoms. The van der Waals surface area contributed by atoms with Crippen LogP contribution in [0.3, 0.4) is 0 Å². The SMILES string of the molecule is CC(Sc1ccc(NC(=O)/C(=C/c2ccc(F)cc2)NC(=O)c2ccccc2)cc1)C(=O)Nc1ccc(Cl)cn1. The first-order valence-corrected chi connectivity index (χ1v) is 13.4. The standard InChI is InChI=1S/C30H24ClFN4O3S/c1-19(28(37)36-27-16-9-22(31)18-33-27)40-25-14-12-24(13-15-25)34-30(39)26(17-20-7-10-23(32)11-8-20)35-29(38)21-5-3-2-4-6-21/h2-19H,1H3,(H,34,39)(H,35,38)(H,33,36,37)/b26-17-. The van der Waals surface area contributed by atoms with Gasteiger partial charge in [0.15, 0.2) is 0 Å². The molecule has 4 rings (SSSR count). The maximum Gasteiger partial charge on any atom is 0.272 e. The lowest BCUT2D eigenvalue weighted by atomic mass is 10.1. The van der Waals surface area contributed by atoms with Crippen molar-refractivity contribution in [1.29, 1.82) is 0 Å². The van der Waals surface area contributed by atoms with Gasteiger partial charge in [0.05, 0.1) is 10.3 Å². The molecule has 0 fully saturated rings. The van der Waals surface area contributed by atoms with Crippen molar-refractivity contribution in [2.24, 2.45) is 0 Å². The molecule has 40 heavy (non-hydrogen) atoms. The van der Waals surface area contributed by atoms with Crippen LogP contribution in [0.15, 0.2) is 108 Å². The first kappa shape index (κ1) is 28.5. The number of benzene rings is 3. The fourth-order valence-corrected chi connectivity index (χ4v) is 4.40. The first-order chi connectivity index (χ1) is 19.3. The van der Waals surface area contributed by atoms with Gasteiger partial charge in [0, 0.05) is 22.3 Å². The van der Waals surface area contributed by atoms with Gasteiger partial charge >= 0.3 is 0 Å². The number of thioether (sulfide) groups is 1. The van der Waals surface area contributed by atoms with Crippen molar-refractivity contribution >= 4 is 58.7 Å². The molecule has 10 heteroatoms. The Morgan fingerprint density at radius 2 is 1.60 bits per heavy atom. The van der Waals surface area contributed by atoms with Crippen LogP contribution in [-0.4, -0.2) is 28.0 Å². The van der Waals surface area contributed by atoms with Crippen molar-refractivity contribution in [3.05, 3.63) is 125 Å². The Bertz CT molecular complexity index is 1510. The van der Waals surface area contributed by atoms with Crippen molar-refractivity contribution in [2.75, 3.05) is 10.6 Å². The summed E-state index contributed by atoms with van der Waals surface area (Å²) in [6.07, 6.45) is 2.92. The highest BCUT2D eigenvalue weighted by molar-refractivity contribution is 8.00. The minimum absolute atomic E-state index is 0.0139. The molecular formula is C30H24ClFN4O3S. The molecule has 3 aromatic carbocycles. The average molecular weight is 575 g/mol. The van der Waals surface area contributed by atoms with E-state index in [0.717, 1.165) is 4.90 Å². The zero-order valence-electron chi connectivity index (χ0n) is 21.2. The summed E-state index contributed by atoms with van der Waals surface area (Å²) in [6, 6.07) is 24.2. The molecule has 202 valence electrons. The molecule has 0 radical (unpaired) electrons. The molecule has 1 aromatic heterocycles. The summed E-state index contributed by atoms with van der Waals surface area (Å²) in [5, 5.41) is 8.21. The number of anilines is 2. The second kappa shape index (κ2) is 13.5. The van der Waals surface area contributed by atoms with Gasteiger partial charge in [0.25, 0.3) is 11.8 Å². The van der Waals surface area contributed by atoms with E-state index in [1.165, 1.54) is 48.3 Å². The molecule has 0 aliphatic carbocycles. The number of aromatic nitrogens is 1. The first-order valence-electron chi connectivity index (χ1n) is 12.1. The summed E-state index contributed by atoms with van der Waals surface area (Å²) < 4.78 is 13.4. The summed E-state index contributed by atoms with van der Waals surface area (Å²) in [5.74, 6) is -1.25. The maximum atomic E-state index is 13.4. The summed E-state index contributed by atoms with van der Waals surface area (Å²) in [4.78, 5) is 43.3. The molecule has 0 aliphatic rings. The quantitative estimate of drug-likeness (QED) is 0.159. The fraction of sp³-hybridized carbons (Fsp3) is 0.0667. The van der Waals surface area contributed by atoms with E-state index in [1.54, 1.807) is 73.7 Å². The number of nitrogens with zero attached hydrogens (tertiary/aromatic N) is 1. The van der Waals surface area contributed by atoms with Gasteiger partial charge in [0.1, 0.15) is 17.3 Å². The van der Waals surface area contributed by atoms with Gasteiger partial charge in [-0.25, -0.2) is 9.37 Å². The Balaban J connectivity index is 1.42. The number of pyridine rings is 1. The van der Waals surface area contributed by atoms with Crippen LogP contribution in [0, 0.1) is 5.82 Å². The Morgan fingerprint density at radius 3 is 2.25 bits per heavy atom. The Morgan fingerprint density at radius 1 is 0.900 bits per heavy atom. The molecule has 1 heterocycles. The zero-order valence-corrected chi connectivity index (χ0v) is 22.8. The molecule has 1 atom stereocenters. The summed E-state index contributed by atoms with van der Waals surface area (Å²) in [5.41, 5.74) is 1.38. The lowest BCUT2D eigenvalue weighted by molar-refractivity contribution is -0.115. The molecule has 0 bridgehead atoms. The Kier molecular flexibility index (Phi) is 9.66. The summed E-state index contributed by atoms with van der Waals surface area (Å²) in [6.45, 7) is 1.77. The van der Waals surface area contributed by atoms with E-state index in [4.69, 9.17) is 11.6 Å². The van der Waals surface area contributed by atoms with E-state index in [1.807, 2.05) is 0 Å². The lowest BCUT2D eigenvalue weighted by Gasteiger charge is -2.13. The predicted molar refractivity (Wildman–Crippen MR) is 157 cm³/mol. The lowest BCUT2D eigenvalue weighted by Crippen LogP contribution is -2.30. The van der Waals surface area contributed by atoms with Crippen molar-refractivity contribution in [3.8, 4) is 0 Å². The molecule has 3 N–H and O–H groups in total. The summed E-state index contributed by atoms with van der Waals surface area (Å²) in [7, 11) is 0. The normalized spacial score (nSPS) is 11.8. The third-order valence-electron chi connectivity index (χ3n) is 5.48. The van der Waals surface area contributed by atoms with Crippen LogP contribution in [0.4, 0.5) is 15.9 Å². The molecule has 7 nitrogen and oxygen atoms in total. The largest absolute Gasteiger partial charge is 0.321 e. The third kappa shape index (κ3) is 8.26. The second-order valence-corrected chi connectivity index (χ2v) is 10.4. The molecule has 0 aliphatic heterocycles. The number of carbonyl (C=O) groups is 3. The number of halogens is 2. The minimum Gasteiger partial charge on any atom is -0.321 e.